The molecular weight excluding hydrogens is 320 g/mol. The van der Waals surface area contributed by atoms with Crippen LogP contribution in [0.4, 0.5) is 0 Å². The minimum Gasteiger partial charge on any atom is -0.0786 e. The molecule has 0 N–H and O–H groups in total. The van der Waals surface area contributed by atoms with E-state index in [1.54, 1.807) is 22.3 Å². The molecule has 0 fully saturated rings. The molecule has 1 atom stereocenters. The average molecular weight is 341 g/mol. The van der Waals surface area contributed by atoms with Gasteiger partial charge in [-0.3, -0.25) is 0 Å². The van der Waals surface area contributed by atoms with Crippen LogP contribution in [0.5, 0.6) is 0 Å². The monoisotopic (exact) mass is 340 g/mol. The molecule has 0 saturated carbocycles. The lowest BCUT2D eigenvalue weighted by Crippen LogP contribution is -2.04. The summed E-state index contributed by atoms with van der Waals surface area (Å²) in [4.78, 5) is 0.329. The topological polar surface area (TPSA) is 0 Å². The first kappa shape index (κ1) is 13.6. The van der Waals surface area contributed by atoms with Gasteiger partial charge in [0, 0.05) is 0 Å². The van der Waals surface area contributed by atoms with E-state index in [4.69, 9.17) is 0 Å². The molecule has 0 nitrogen and oxygen atoms in total. The molecule has 2 aliphatic carbocycles. The molecule has 1 unspecified atom stereocenters. The number of alkyl halides is 1. The van der Waals surface area contributed by atoms with Crippen molar-refractivity contribution in [3.63, 3.8) is 0 Å². The molecule has 0 spiro atoms. The van der Waals surface area contributed by atoms with E-state index in [-0.39, 0.29) is 0 Å². The lowest BCUT2D eigenvalue weighted by atomic mass is 9.89. The van der Waals surface area contributed by atoms with Crippen LogP contribution < -0.4 is 0 Å². The summed E-state index contributed by atoms with van der Waals surface area (Å²) in [6.07, 6.45) is 9.07. The number of aryl methyl sites for hydroxylation is 4. The number of fused-ring (bicyclic) bond motifs is 2. The molecule has 2 aliphatic rings. The largest absolute Gasteiger partial charge is 0.0786 e. The molecule has 0 aliphatic heterocycles. The first-order valence-corrected chi connectivity index (χ1v) is 9.10. The van der Waals surface area contributed by atoms with Crippen LogP contribution in [-0.4, -0.2) is 0 Å². The Morgan fingerprint density at radius 3 is 1.71 bits per heavy atom. The van der Waals surface area contributed by atoms with E-state index in [0.717, 1.165) is 0 Å². The first-order valence-electron chi connectivity index (χ1n) is 8.19. The van der Waals surface area contributed by atoms with Crippen molar-refractivity contribution in [2.24, 2.45) is 0 Å². The molecule has 0 saturated heterocycles. The molecule has 0 aromatic heterocycles. The fraction of sp³-hybridized carbons (Fsp3) is 0.400. The van der Waals surface area contributed by atoms with E-state index < -0.39 is 0 Å². The summed E-state index contributed by atoms with van der Waals surface area (Å²) >= 11 is 3.93. The zero-order valence-corrected chi connectivity index (χ0v) is 14.0. The van der Waals surface area contributed by atoms with Gasteiger partial charge >= 0.3 is 0 Å². The third kappa shape index (κ3) is 2.57. The number of halogens is 1. The highest BCUT2D eigenvalue weighted by molar-refractivity contribution is 9.09. The zero-order valence-electron chi connectivity index (χ0n) is 12.4. The molecule has 0 heterocycles. The lowest BCUT2D eigenvalue weighted by Gasteiger charge is -2.19. The van der Waals surface area contributed by atoms with Crippen LogP contribution in [0.1, 0.15) is 57.5 Å². The van der Waals surface area contributed by atoms with Gasteiger partial charge in [-0.1, -0.05) is 52.3 Å². The maximum absolute atomic E-state index is 3.93. The van der Waals surface area contributed by atoms with Gasteiger partial charge < -0.3 is 0 Å². The van der Waals surface area contributed by atoms with Crippen molar-refractivity contribution in [1.29, 1.82) is 0 Å². The van der Waals surface area contributed by atoms with Crippen LogP contribution in [0.15, 0.2) is 36.4 Å². The van der Waals surface area contributed by atoms with Crippen molar-refractivity contribution < 1.29 is 0 Å². The van der Waals surface area contributed by atoms with E-state index in [0.29, 0.717) is 4.83 Å². The smallest absolute Gasteiger partial charge is 0.0644 e. The summed E-state index contributed by atoms with van der Waals surface area (Å²) in [5.41, 5.74) is 9.09. The maximum Gasteiger partial charge on any atom is 0.0644 e. The number of rotatable bonds is 2. The maximum atomic E-state index is 3.93. The minimum absolute atomic E-state index is 0.329. The summed E-state index contributed by atoms with van der Waals surface area (Å²) in [5, 5.41) is 0. The SMILES string of the molecule is BrC(c1ccc2c(c1)CCCC2)c1ccc2c(c1)CCC2. The second-order valence-corrected chi connectivity index (χ2v) is 7.40. The predicted octanol–water partition coefficient (Wildman–Crippen LogP) is 5.54. The molecule has 0 amide bonds. The summed E-state index contributed by atoms with van der Waals surface area (Å²) in [6.45, 7) is 0. The second-order valence-electron chi connectivity index (χ2n) is 6.48. The average Bonchev–Trinajstić information content (AvgIpc) is 3.01. The first-order chi connectivity index (χ1) is 10.3. The fourth-order valence-corrected chi connectivity index (χ4v) is 4.42. The molecule has 108 valence electrons. The van der Waals surface area contributed by atoms with E-state index >= 15 is 0 Å². The minimum atomic E-state index is 0.329. The highest BCUT2D eigenvalue weighted by Crippen LogP contribution is 2.35. The lowest BCUT2D eigenvalue weighted by molar-refractivity contribution is 0.684. The van der Waals surface area contributed by atoms with Crippen LogP contribution in [0.2, 0.25) is 0 Å². The standard InChI is InChI=1S/C20H21Br/c21-20(19-11-9-15-6-3-7-17(15)13-19)18-10-8-14-4-1-2-5-16(14)12-18/h8-13,20H,1-7H2. The Kier molecular flexibility index (Phi) is 3.62. The van der Waals surface area contributed by atoms with Crippen molar-refractivity contribution >= 4 is 15.9 Å². The Bertz CT molecular complexity index is 672. The second kappa shape index (κ2) is 5.61. The van der Waals surface area contributed by atoms with Crippen molar-refractivity contribution in [3.05, 3.63) is 69.8 Å². The van der Waals surface area contributed by atoms with Crippen LogP contribution in [0.3, 0.4) is 0 Å². The summed E-state index contributed by atoms with van der Waals surface area (Å²) in [5.74, 6) is 0. The normalized spacial score (nSPS) is 18.1. The number of hydrogen-bond donors (Lipinski definition) is 0. The Morgan fingerprint density at radius 2 is 1.10 bits per heavy atom. The van der Waals surface area contributed by atoms with Crippen LogP contribution in [-0.2, 0) is 25.7 Å². The van der Waals surface area contributed by atoms with Crippen molar-refractivity contribution in [2.45, 2.75) is 49.8 Å². The quantitative estimate of drug-likeness (QED) is 0.629. The van der Waals surface area contributed by atoms with Gasteiger partial charge in [-0.25, -0.2) is 0 Å². The van der Waals surface area contributed by atoms with Gasteiger partial charge in [-0.2, -0.15) is 0 Å². The molecule has 0 radical (unpaired) electrons. The molecular formula is C20H21Br. The predicted molar refractivity (Wildman–Crippen MR) is 92.3 cm³/mol. The van der Waals surface area contributed by atoms with Gasteiger partial charge in [0.2, 0.25) is 0 Å². The van der Waals surface area contributed by atoms with Crippen LogP contribution in [0, 0.1) is 0 Å². The molecule has 2 aromatic carbocycles. The van der Waals surface area contributed by atoms with Gasteiger partial charge in [0.1, 0.15) is 0 Å². The zero-order chi connectivity index (χ0) is 14.2. The number of hydrogen-bond acceptors (Lipinski definition) is 0. The van der Waals surface area contributed by atoms with E-state index in [1.165, 1.54) is 56.1 Å². The molecule has 0 bridgehead atoms. The van der Waals surface area contributed by atoms with Crippen LogP contribution >= 0.6 is 15.9 Å². The van der Waals surface area contributed by atoms with Crippen molar-refractivity contribution in [2.75, 3.05) is 0 Å². The Hall–Kier alpha value is -1.08. The third-order valence-electron chi connectivity index (χ3n) is 5.08. The highest BCUT2D eigenvalue weighted by Gasteiger charge is 2.17. The third-order valence-corrected chi connectivity index (χ3v) is 6.14. The highest BCUT2D eigenvalue weighted by atomic mass is 79.9. The molecule has 1 heteroatoms. The molecule has 4 rings (SSSR count). The number of benzene rings is 2. The van der Waals surface area contributed by atoms with E-state index in [9.17, 15) is 0 Å². The summed E-state index contributed by atoms with van der Waals surface area (Å²) < 4.78 is 0. The van der Waals surface area contributed by atoms with Gasteiger partial charge in [-0.05, 0) is 78.3 Å². The van der Waals surface area contributed by atoms with Gasteiger partial charge in [0.15, 0.2) is 0 Å². The van der Waals surface area contributed by atoms with Crippen LogP contribution in [0.25, 0.3) is 0 Å². The Balaban J connectivity index is 1.66. The van der Waals surface area contributed by atoms with Gasteiger partial charge in [0.25, 0.3) is 0 Å². The Morgan fingerprint density at radius 1 is 0.619 bits per heavy atom. The van der Waals surface area contributed by atoms with Gasteiger partial charge in [-0.15, -0.1) is 0 Å². The van der Waals surface area contributed by atoms with Crippen molar-refractivity contribution in [3.8, 4) is 0 Å². The summed E-state index contributed by atoms with van der Waals surface area (Å²) in [7, 11) is 0. The molecule has 21 heavy (non-hydrogen) atoms. The van der Waals surface area contributed by atoms with E-state index in [1.807, 2.05) is 0 Å². The summed E-state index contributed by atoms with van der Waals surface area (Å²) in [6, 6.07) is 14.2. The molecule has 2 aromatic rings. The van der Waals surface area contributed by atoms with E-state index in [2.05, 4.69) is 52.3 Å². The fourth-order valence-electron chi connectivity index (χ4n) is 3.85. The van der Waals surface area contributed by atoms with Crippen molar-refractivity contribution in [1.82, 2.24) is 0 Å². The Labute approximate surface area is 135 Å². The van der Waals surface area contributed by atoms with Gasteiger partial charge in [0.05, 0.1) is 4.83 Å².